The quantitative estimate of drug-likeness (QED) is 0.484. The molecule has 12 heavy (non-hydrogen) atoms. The van der Waals surface area contributed by atoms with E-state index in [0.29, 0.717) is 0 Å². The molecule has 0 saturated carbocycles. The van der Waals surface area contributed by atoms with Crippen LogP contribution in [0.2, 0.25) is 0 Å². The van der Waals surface area contributed by atoms with E-state index in [1.54, 1.807) is 0 Å². The van der Waals surface area contributed by atoms with E-state index in [1.165, 1.54) is 0 Å². The lowest BCUT2D eigenvalue weighted by atomic mass is 10.4. The Kier molecular flexibility index (Phi) is 5.19. The molecular weight excluding hydrogens is 206 g/mol. The van der Waals surface area contributed by atoms with Crippen molar-refractivity contribution in [3.63, 3.8) is 0 Å². The van der Waals surface area contributed by atoms with Crippen molar-refractivity contribution in [2.45, 2.75) is 6.42 Å². The van der Waals surface area contributed by atoms with Crippen molar-refractivity contribution in [1.82, 2.24) is 5.32 Å². The molecule has 2 N–H and O–H groups in total. The largest absolute Gasteiger partial charge is 0.355 e. The Labute approximate surface area is 75.8 Å². The monoisotopic (exact) mass is 215 g/mol. The summed E-state index contributed by atoms with van der Waals surface area (Å²) in [5.41, 5.74) is 0. The van der Waals surface area contributed by atoms with Crippen LogP contribution in [0, 0.1) is 0 Å². The van der Waals surface area contributed by atoms with E-state index in [1.807, 2.05) is 0 Å². The minimum atomic E-state index is -3.98. The van der Waals surface area contributed by atoms with E-state index in [4.69, 9.17) is 16.2 Å². The highest BCUT2D eigenvalue weighted by atomic mass is 35.5. The van der Waals surface area contributed by atoms with Crippen LogP contribution in [-0.4, -0.2) is 37.1 Å². The average molecular weight is 216 g/mol. The van der Waals surface area contributed by atoms with Gasteiger partial charge in [0.1, 0.15) is 0 Å². The Morgan fingerprint density at radius 1 is 1.50 bits per heavy atom. The predicted octanol–water partition coefficient (Wildman–Crippen LogP) is -0.381. The van der Waals surface area contributed by atoms with Crippen molar-refractivity contribution in [2.75, 3.05) is 18.2 Å². The molecule has 1 amide bonds. The van der Waals surface area contributed by atoms with Crippen LogP contribution < -0.4 is 5.32 Å². The highest BCUT2D eigenvalue weighted by molar-refractivity contribution is 7.85. The van der Waals surface area contributed by atoms with Crippen LogP contribution in [0.25, 0.3) is 0 Å². The predicted molar refractivity (Wildman–Crippen MR) is 44.8 cm³/mol. The molecule has 0 radical (unpaired) electrons. The van der Waals surface area contributed by atoms with Gasteiger partial charge in [-0.1, -0.05) is 0 Å². The summed E-state index contributed by atoms with van der Waals surface area (Å²) in [7, 11) is -3.98. The van der Waals surface area contributed by atoms with Gasteiger partial charge >= 0.3 is 0 Å². The normalized spacial score (nSPS) is 11.2. The molecule has 0 unspecified atom stereocenters. The number of alkyl halides is 1. The first-order chi connectivity index (χ1) is 5.45. The fraction of sp³-hybridized carbons (Fsp3) is 0.800. The van der Waals surface area contributed by atoms with Gasteiger partial charge in [-0.15, -0.1) is 11.6 Å². The van der Waals surface area contributed by atoms with Crippen LogP contribution in [0.4, 0.5) is 0 Å². The first-order valence-corrected chi connectivity index (χ1v) is 5.38. The number of carbonyl (C=O) groups is 1. The van der Waals surface area contributed by atoms with Gasteiger partial charge in [0.2, 0.25) is 5.91 Å². The van der Waals surface area contributed by atoms with E-state index in [9.17, 15) is 13.2 Å². The zero-order valence-electron chi connectivity index (χ0n) is 6.29. The van der Waals surface area contributed by atoms with Crippen molar-refractivity contribution in [1.29, 1.82) is 0 Å². The van der Waals surface area contributed by atoms with Gasteiger partial charge in [-0.2, -0.15) is 8.42 Å². The molecule has 0 heterocycles. The lowest BCUT2D eigenvalue weighted by Gasteiger charge is -2.00. The number of amides is 1. The molecule has 0 fully saturated rings. The summed E-state index contributed by atoms with van der Waals surface area (Å²) in [6.07, 6.45) is 0.146. The van der Waals surface area contributed by atoms with Crippen LogP contribution >= 0.6 is 11.6 Å². The second kappa shape index (κ2) is 5.34. The zero-order valence-corrected chi connectivity index (χ0v) is 7.86. The van der Waals surface area contributed by atoms with Gasteiger partial charge in [-0.25, -0.2) is 0 Å². The molecule has 0 aromatic heterocycles. The van der Waals surface area contributed by atoms with E-state index in [-0.39, 0.29) is 24.8 Å². The third-order valence-corrected chi connectivity index (χ3v) is 1.91. The number of hydrogen-bond donors (Lipinski definition) is 2. The molecular formula is C5H10ClNO4S. The Morgan fingerprint density at radius 2 is 2.08 bits per heavy atom. The Bertz CT molecular complexity index is 238. The fourth-order valence-corrected chi connectivity index (χ4v) is 1.03. The summed E-state index contributed by atoms with van der Waals surface area (Å²) < 4.78 is 28.6. The van der Waals surface area contributed by atoms with Crippen molar-refractivity contribution in [3.8, 4) is 0 Å². The van der Waals surface area contributed by atoms with E-state index in [2.05, 4.69) is 5.32 Å². The van der Waals surface area contributed by atoms with E-state index >= 15 is 0 Å². The van der Waals surface area contributed by atoms with Gasteiger partial charge in [-0.3, -0.25) is 9.35 Å². The molecule has 0 saturated heterocycles. The van der Waals surface area contributed by atoms with Gasteiger partial charge in [0, 0.05) is 18.8 Å². The minimum absolute atomic E-state index is 0.0887. The molecule has 0 aliphatic heterocycles. The van der Waals surface area contributed by atoms with Gasteiger partial charge in [-0.05, 0) is 0 Å². The van der Waals surface area contributed by atoms with E-state index in [0.717, 1.165) is 0 Å². The maximum Gasteiger partial charge on any atom is 0.266 e. The number of rotatable bonds is 5. The SMILES string of the molecule is O=C(CCCl)NCCS(=O)(=O)O. The van der Waals surface area contributed by atoms with Gasteiger partial charge in [0.15, 0.2) is 0 Å². The number of carbonyl (C=O) groups excluding carboxylic acids is 1. The molecule has 7 heteroatoms. The van der Waals surface area contributed by atoms with Crippen molar-refractivity contribution in [3.05, 3.63) is 0 Å². The van der Waals surface area contributed by atoms with Crippen LogP contribution in [-0.2, 0) is 14.9 Å². The molecule has 72 valence electrons. The summed E-state index contributed by atoms with van der Waals surface area (Å²) >= 11 is 5.24. The second-order valence-corrected chi connectivity index (χ2v) is 4.03. The molecule has 0 bridgehead atoms. The molecule has 0 aromatic carbocycles. The minimum Gasteiger partial charge on any atom is -0.355 e. The lowest BCUT2D eigenvalue weighted by Crippen LogP contribution is -2.28. The van der Waals surface area contributed by atoms with E-state index < -0.39 is 15.9 Å². The Balaban J connectivity index is 3.51. The summed E-state index contributed by atoms with van der Waals surface area (Å²) in [4.78, 5) is 10.7. The third kappa shape index (κ3) is 7.77. The molecule has 5 nitrogen and oxygen atoms in total. The summed E-state index contributed by atoms with van der Waals surface area (Å²) in [6, 6.07) is 0. The fourth-order valence-electron chi connectivity index (χ4n) is 0.494. The van der Waals surface area contributed by atoms with Crippen LogP contribution in [0.3, 0.4) is 0 Å². The van der Waals surface area contributed by atoms with Crippen LogP contribution in [0.15, 0.2) is 0 Å². The highest BCUT2D eigenvalue weighted by Crippen LogP contribution is 1.84. The van der Waals surface area contributed by atoms with Gasteiger partial charge < -0.3 is 5.32 Å². The van der Waals surface area contributed by atoms with Gasteiger partial charge in [0.25, 0.3) is 10.1 Å². The number of nitrogens with one attached hydrogen (secondary N) is 1. The molecule has 0 aliphatic rings. The molecule has 0 atom stereocenters. The molecule has 0 aromatic rings. The smallest absolute Gasteiger partial charge is 0.266 e. The highest BCUT2D eigenvalue weighted by Gasteiger charge is 2.05. The van der Waals surface area contributed by atoms with Crippen molar-refractivity contribution < 1.29 is 17.8 Å². The maximum absolute atomic E-state index is 10.7. The van der Waals surface area contributed by atoms with Crippen molar-refractivity contribution in [2.24, 2.45) is 0 Å². The number of halogens is 1. The number of hydrogen-bond acceptors (Lipinski definition) is 3. The third-order valence-electron chi connectivity index (χ3n) is 1.00. The molecule has 0 rings (SSSR count). The summed E-state index contributed by atoms with van der Waals surface area (Å²) in [5, 5.41) is 2.28. The maximum atomic E-state index is 10.7. The molecule has 0 aliphatic carbocycles. The molecule has 0 spiro atoms. The Hall–Kier alpha value is -0.330. The van der Waals surface area contributed by atoms with Gasteiger partial charge in [0.05, 0.1) is 5.75 Å². The first kappa shape index (κ1) is 11.7. The Morgan fingerprint density at radius 3 is 2.50 bits per heavy atom. The average Bonchev–Trinajstić information content (AvgIpc) is 1.84. The van der Waals surface area contributed by atoms with Crippen LogP contribution in [0.5, 0.6) is 0 Å². The standard InChI is InChI=1S/C5H10ClNO4S/c6-2-1-5(8)7-3-4-12(9,10)11/h1-4H2,(H,7,8)(H,9,10,11). The van der Waals surface area contributed by atoms with Crippen molar-refractivity contribution >= 4 is 27.6 Å². The van der Waals surface area contributed by atoms with Crippen LogP contribution in [0.1, 0.15) is 6.42 Å². The topological polar surface area (TPSA) is 83.5 Å². The first-order valence-electron chi connectivity index (χ1n) is 3.23. The lowest BCUT2D eigenvalue weighted by molar-refractivity contribution is -0.120. The summed E-state index contributed by atoms with van der Waals surface area (Å²) in [6.45, 7) is -0.0887. The zero-order chi connectivity index (χ0) is 9.61. The summed E-state index contributed by atoms with van der Waals surface area (Å²) in [5.74, 6) is -0.604. The second-order valence-electron chi connectivity index (χ2n) is 2.07.